The highest BCUT2D eigenvalue weighted by atomic mass is 79.9. The number of allylic oxidation sites excluding steroid dienone is 1. The first-order valence-electron chi connectivity index (χ1n) is 9.24. The van der Waals surface area contributed by atoms with E-state index in [0.717, 1.165) is 65.7 Å². The Morgan fingerprint density at radius 2 is 1.85 bits per heavy atom. The molecule has 1 aromatic carbocycles. The number of hydrogen-bond donors (Lipinski definition) is 0. The fourth-order valence-electron chi connectivity index (χ4n) is 3.25. The minimum absolute atomic E-state index is 0.942. The van der Waals surface area contributed by atoms with Crippen LogP contribution in [0.15, 0.2) is 38.3 Å². The highest BCUT2D eigenvalue weighted by Crippen LogP contribution is 2.39. The van der Waals surface area contributed by atoms with Gasteiger partial charge in [0.1, 0.15) is 0 Å². The zero-order valence-electron chi connectivity index (χ0n) is 16.4. The van der Waals surface area contributed by atoms with Gasteiger partial charge in [-0.2, -0.15) is 10.1 Å². The smallest absolute Gasteiger partial charge is 0.227 e. The van der Waals surface area contributed by atoms with E-state index in [-0.39, 0.29) is 0 Å². The Kier molecular flexibility index (Phi) is 5.82. The van der Waals surface area contributed by atoms with E-state index in [1.165, 1.54) is 5.57 Å². The standard InChI is InChI=1S/C20H28BrN5/c1-6-15(4)19-17-13-16(21)7-8-18(17)22-20(26(19)23-14(2)3)25-11-9-24(5)10-12-25/h7-8,13H,6,9-12H2,1-5H3. The molecule has 6 heteroatoms. The van der Waals surface area contributed by atoms with Crippen LogP contribution in [-0.2, 0) is 0 Å². The van der Waals surface area contributed by atoms with Gasteiger partial charge < -0.3 is 9.80 Å². The summed E-state index contributed by atoms with van der Waals surface area (Å²) in [6.07, 6.45) is 0.978. The first kappa shape index (κ1) is 19.1. The molecule has 0 radical (unpaired) electrons. The van der Waals surface area contributed by atoms with E-state index in [1.807, 2.05) is 13.8 Å². The van der Waals surface area contributed by atoms with Crippen LogP contribution in [0.4, 0.5) is 5.69 Å². The Morgan fingerprint density at radius 1 is 1.15 bits per heavy atom. The minimum atomic E-state index is 0.942. The molecule has 140 valence electrons. The van der Waals surface area contributed by atoms with Crippen molar-refractivity contribution in [1.82, 2.24) is 14.8 Å². The lowest BCUT2D eigenvalue weighted by Gasteiger charge is -2.40. The number of halogens is 1. The van der Waals surface area contributed by atoms with Crippen molar-refractivity contribution in [2.45, 2.75) is 34.1 Å². The van der Waals surface area contributed by atoms with Crippen molar-refractivity contribution in [3.05, 3.63) is 33.8 Å². The zero-order chi connectivity index (χ0) is 18.8. The van der Waals surface area contributed by atoms with Gasteiger partial charge in [0, 0.05) is 41.9 Å². The summed E-state index contributed by atoms with van der Waals surface area (Å²) in [5.41, 5.74) is 5.66. The fourth-order valence-corrected chi connectivity index (χ4v) is 3.61. The number of piperazine rings is 1. The summed E-state index contributed by atoms with van der Waals surface area (Å²) in [6, 6.07) is 6.31. The highest BCUT2D eigenvalue weighted by Gasteiger charge is 2.31. The third kappa shape index (κ3) is 3.86. The van der Waals surface area contributed by atoms with Crippen LogP contribution in [0, 0.1) is 0 Å². The van der Waals surface area contributed by atoms with Crippen molar-refractivity contribution in [1.29, 1.82) is 0 Å². The molecule has 0 bridgehead atoms. The van der Waals surface area contributed by atoms with Gasteiger partial charge in [0.15, 0.2) is 0 Å². The monoisotopic (exact) mass is 417 g/mol. The molecule has 2 aliphatic heterocycles. The molecule has 2 heterocycles. The summed E-state index contributed by atoms with van der Waals surface area (Å²) >= 11 is 3.62. The van der Waals surface area contributed by atoms with Crippen LogP contribution in [0.2, 0.25) is 0 Å². The number of benzene rings is 1. The fraction of sp³-hybridized carbons (Fsp3) is 0.500. The van der Waals surface area contributed by atoms with E-state index >= 15 is 0 Å². The van der Waals surface area contributed by atoms with Gasteiger partial charge in [-0.25, -0.2) is 4.99 Å². The third-order valence-corrected chi connectivity index (χ3v) is 5.35. The first-order chi connectivity index (χ1) is 12.4. The van der Waals surface area contributed by atoms with Gasteiger partial charge in [0.05, 0.1) is 11.4 Å². The molecule has 0 spiro atoms. The van der Waals surface area contributed by atoms with E-state index in [2.05, 4.69) is 69.8 Å². The van der Waals surface area contributed by atoms with Gasteiger partial charge in [0.25, 0.3) is 0 Å². The summed E-state index contributed by atoms with van der Waals surface area (Å²) < 4.78 is 1.06. The van der Waals surface area contributed by atoms with Gasteiger partial charge in [-0.15, -0.1) is 0 Å². The molecule has 0 amide bonds. The quantitative estimate of drug-likeness (QED) is 0.662. The van der Waals surface area contributed by atoms with Crippen LogP contribution < -0.4 is 0 Å². The van der Waals surface area contributed by atoms with Gasteiger partial charge in [-0.05, 0) is 58.0 Å². The molecule has 0 saturated carbocycles. The number of nitrogens with zero attached hydrogens (tertiary/aromatic N) is 5. The van der Waals surface area contributed by atoms with Gasteiger partial charge in [-0.1, -0.05) is 22.9 Å². The first-order valence-corrected chi connectivity index (χ1v) is 10.0. The second kappa shape index (κ2) is 7.92. The number of aliphatic imine (C=N–C) groups is 1. The molecule has 0 aliphatic carbocycles. The summed E-state index contributed by atoms with van der Waals surface area (Å²) in [7, 11) is 2.17. The SMILES string of the molecule is CCC(C)=C1c2cc(Br)ccc2N=C(N2CCN(C)CC2)N1N=C(C)C. The topological polar surface area (TPSA) is 34.4 Å². The number of hydrazone groups is 1. The predicted octanol–water partition coefficient (Wildman–Crippen LogP) is 4.54. The minimum Gasteiger partial charge on any atom is -0.338 e. The Hall–Kier alpha value is -1.66. The molecule has 1 aromatic rings. The molecule has 0 atom stereocenters. The van der Waals surface area contributed by atoms with Crippen molar-refractivity contribution in [3.63, 3.8) is 0 Å². The predicted molar refractivity (Wildman–Crippen MR) is 114 cm³/mol. The molecule has 26 heavy (non-hydrogen) atoms. The molecule has 1 saturated heterocycles. The van der Waals surface area contributed by atoms with Crippen LogP contribution in [0.5, 0.6) is 0 Å². The van der Waals surface area contributed by atoms with E-state index < -0.39 is 0 Å². The molecular weight excluding hydrogens is 390 g/mol. The molecule has 0 N–H and O–H groups in total. The normalized spacial score (nSPS) is 19.8. The Labute approximate surface area is 165 Å². The Balaban J connectivity index is 2.17. The van der Waals surface area contributed by atoms with Crippen LogP contribution >= 0.6 is 15.9 Å². The van der Waals surface area contributed by atoms with Crippen LogP contribution in [-0.4, -0.2) is 59.7 Å². The van der Waals surface area contributed by atoms with Crippen LogP contribution in [0.25, 0.3) is 5.70 Å². The molecule has 1 fully saturated rings. The van der Waals surface area contributed by atoms with Crippen molar-refractivity contribution < 1.29 is 0 Å². The highest BCUT2D eigenvalue weighted by molar-refractivity contribution is 9.10. The largest absolute Gasteiger partial charge is 0.338 e. The average molecular weight is 418 g/mol. The number of hydrogen-bond acceptors (Lipinski definition) is 5. The lowest BCUT2D eigenvalue weighted by Crippen LogP contribution is -2.51. The number of fused-ring (bicyclic) bond motifs is 1. The average Bonchev–Trinajstić information content (AvgIpc) is 2.61. The van der Waals surface area contributed by atoms with Gasteiger partial charge >= 0.3 is 0 Å². The van der Waals surface area contributed by atoms with E-state index in [4.69, 9.17) is 10.1 Å². The maximum absolute atomic E-state index is 5.02. The molecule has 0 aromatic heterocycles. The van der Waals surface area contributed by atoms with Crippen molar-refractivity contribution in [2.75, 3.05) is 33.2 Å². The van der Waals surface area contributed by atoms with Crippen LogP contribution in [0.3, 0.4) is 0 Å². The van der Waals surface area contributed by atoms with Crippen LogP contribution in [0.1, 0.15) is 39.7 Å². The van der Waals surface area contributed by atoms with Crippen molar-refractivity contribution in [2.24, 2.45) is 10.1 Å². The van der Waals surface area contributed by atoms with Crippen molar-refractivity contribution >= 4 is 39.0 Å². The summed E-state index contributed by atoms with van der Waals surface area (Å²) in [6.45, 7) is 12.5. The number of guanidine groups is 1. The maximum atomic E-state index is 5.02. The summed E-state index contributed by atoms with van der Waals surface area (Å²) in [5, 5.41) is 6.95. The summed E-state index contributed by atoms with van der Waals surface area (Å²) in [4.78, 5) is 9.74. The molecular formula is C20H28BrN5. The van der Waals surface area contributed by atoms with Gasteiger partial charge in [0.2, 0.25) is 5.96 Å². The molecule has 3 rings (SSSR count). The van der Waals surface area contributed by atoms with Crippen molar-refractivity contribution in [3.8, 4) is 0 Å². The molecule has 5 nitrogen and oxygen atoms in total. The van der Waals surface area contributed by atoms with E-state index in [1.54, 1.807) is 0 Å². The van der Waals surface area contributed by atoms with E-state index in [9.17, 15) is 0 Å². The second-order valence-corrected chi connectivity index (χ2v) is 8.12. The Bertz CT molecular complexity index is 768. The lowest BCUT2D eigenvalue weighted by molar-refractivity contribution is 0.204. The second-order valence-electron chi connectivity index (χ2n) is 7.21. The summed E-state index contributed by atoms with van der Waals surface area (Å²) in [5.74, 6) is 0.942. The van der Waals surface area contributed by atoms with Gasteiger partial charge in [-0.3, -0.25) is 0 Å². The maximum Gasteiger partial charge on any atom is 0.227 e. The number of likely N-dealkylation sites (N-methyl/N-ethyl adjacent to an activating group) is 1. The molecule has 2 aliphatic rings. The third-order valence-electron chi connectivity index (χ3n) is 4.86. The zero-order valence-corrected chi connectivity index (χ0v) is 18.0. The molecule has 0 unspecified atom stereocenters. The number of rotatable bonds is 2. The Morgan fingerprint density at radius 3 is 2.46 bits per heavy atom. The lowest BCUT2D eigenvalue weighted by atomic mass is 10.0. The van der Waals surface area contributed by atoms with E-state index in [0.29, 0.717) is 0 Å².